The zero-order chi connectivity index (χ0) is 20.3. The number of carbonyl (C=O) groups is 1. The normalized spacial score (nSPS) is 18.6. The molecule has 3 aromatic rings. The van der Waals surface area contributed by atoms with Gasteiger partial charge in [-0.15, -0.1) is 0 Å². The van der Waals surface area contributed by atoms with E-state index in [1.54, 1.807) is 23.2 Å². The molecule has 3 aromatic carbocycles. The molecular formula is C26H22N2O. The number of rotatable bonds is 4. The van der Waals surface area contributed by atoms with Gasteiger partial charge >= 0.3 is 0 Å². The number of hydrogen-bond donors (Lipinski definition) is 0. The van der Waals surface area contributed by atoms with Gasteiger partial charge in [-0.25, -0.2) is 0 Å². The fourth-order valence-corrected chi connectivity index (χ4v) is 4.34. The van der Waals surface area contributed by atoms with E-state index < -0.39 is 5.54 Å². The average molecular weight is 378 g/mol. The largest absolute Gasteiger partial charge is 0.291 e. The van der Waals surface area contributed by atoms with Gasteiger partial charge in [0, 0.05) is 23.2 Å². The first kappa shape index (κ1) is 18.7. The van der Waals surface area contributed by atoms with Crippen molar-refractivity contribution in [3.8, 4) is 6.07 Å². The van der Waals surface area contributed by atoms with E-state index in [1.807, 2.05) is 78.9 Å². The third-order valence-electron chi connectivity index (χ3n) is 5.68. The van der Waals surface area contributed by atoms with Gasteiger partial charge in [0.05, 0.1) is 6.07 Å². The monoisotopic (exact) mass is 378 g/mol. The third-order valence-corrected chi connectivity index (χ3v) is 5.68. The van der Waals surface area contributed by atoms with Gasteiger partial charge in [0.15, 0.2) is 5.54 Å². The average Bonchev–Trinajstić information content (AvgIpc) is 2.80. The van der Waals surface area contributed by atoms with Crippen molar-refractivity contribution in [3.63, 3.8) is 0 Å². The molecule has 1 heterocycles. The van der Waals surface area contributed by atoms with Crippen LogP contribution in [0.25, 0.3) is 6.08 Å². The first-order valence-electron chi connectivity index (χ1n) is 9.85. The van der Waals surface area contributed by atoms with Gasteiger partial charge in [-0.05, 0) is 35.8 Å². The highest BCUT2D eigenvalue weighted by Crippen LogP contribution is 2.48. The third kappa shape index (κ3) is 3.03. The van der Waals surface area contributed by atoms with Crippen LogP contribution in [0, 0.1) is 11.3 Å². The Morgan fingerprint density at radius 2 is 1.59 bits per heavy atom. The molecule has 0 spiro atoms. The minimum atomic E-state index is -1.13. The standard InChI is InChI=1S/C26H22N2O/c1-2-23(20-11-5-3-6-12-20)26(19-27)24-16-10-9-13-21(24)17-18-28(26)25(29)22-14-7-4-8-15-22/h3-18,23H,2H2,1H3/t23-,26+/m0/s1. The Balaban J connectivity index is 1.96. The van der Waals surface area contributed by atoms with Crippen LogP contribution in [0.15, 0.2) is 91.1 Å². The summed E-state index contributed by atoms with van der Waals surface area (Å²) in [6.45, 7) is 2.07. The highest BCUT2D eigenvalue weighted by molar-refractivity contribution is 5.97. The molecule has 0 radical (unpaired) electrons. The van der Waals surface area contributed by atoms with E-state index in [9.17, 15) is 10.1 Å². The number of benzene rings is 3. The topological polar surface area (TPSA) is 44.1 Å². The molecule has 142 valence electrons. The van der Waals surface area contributed by atoms with E-state index in [-0.39, 0.29) is 11.8 Å². The number of carbonyl (C=O) groups excluding carboxylic acids is 1. The van der Waals surface area contributed by atoms with Crippen molar-refractivity contribution in [2.75, 3.05) is 0 Å². The molecule has 2 atom stereocenters. The lowest BCUT2D eigenvalue weighted by Gasteiger charge is -2.45. The zero-order valence-corrected chi connectivity index (χ0v) is 16.3. The summed E-state index contributed by atoms with van der Waals surface area (Å²) in [7, 11) is 0. The Labute approximate surface area is 171 Å². The second-order valence-corrected chi connectivity index (χ2v) is 7.19. The molecule has 0 saturated heterocycles. The fourth-order valence-electron chi connectivity index (χ4n) is 4.34. The number of fused-ring (bicyclic) bond motifs is 1. The van der Waals surface area contributed by atoms with Crippen LogP contribution in [0.1, 0.15) is 46.3 Å². The van der Waals surface area contributed by atoms with Crippen molar-refractivity contribution in [2.24, 2.45) is 0 Å². The van der Waals surface area contributed by atoms with E-state index in [2.05, 4.69) is 13.0 Å². The molecule has 4 rings (SSSR count). The minimum Gasteiger partial charge on any atom is -0.291 e. The van der Waals surface area contributed by atoms with Crippen LogP contribution in [0.3, 0.4) is 0 Å². The van der Waals surface area contributed by atoms with E-state index >= 15 is 0 Å². The Kier molecular flexibility index (Phi) is 5.01. The Morgan fingerprint density at radius 3 is 2.24 bits per heavy atom. The van der Waals surface area contributed by atoms with Crippen LogP contribution in [-0.2, 0) is 5.54 Å². The van der Waals surface area contributed by atoms with Crippen LogP contribution in [0.2, 0.25) is 0 Å². The molecule has 0 bridgehead atoms. The van der Waals surface area contributed by atoms with Gasteiger partial charge in [0.25, 0.3) is 5.91 Å². The molecule has 1 aliphatic heterocycles. The SMILES string of the molecule is CC[C@@H](c1ccccc1)[C@]1(C#N)c2ccccc2C=CN1C(=O)c1ccccc1. The number of amides is 1. The van der Waals surface area contributed by atoms with E-state index in [1.165, 1.54) is 0 Å². The Hall–Kier alpha value is -3.64. The maximum absolute atomic E-state index is 13.6. The molecule has 1 aliphatic rings. The fraction of sp³-hybridized carbons (Fsp3) is 0.154. The van der Waals surface area contributed by atoms with Crippen molar-refractivity contribution >= 4 is 12.0 Å². The summed E-state index contributed by atoms with van der Waals surface area (Å²) in [5.74, 6) is -0.347. The highest BCUT2D eigenvalue weighted by atomic mass is 16.2. The van der Waals surface area contributed by atoms with Crippen LogP contribution in [-0.4, -0.2) is 10.8 Å². The minimum absolute atomic E-state index is 0.174. The van der Waals surface area contributed by atoms with Crippen molar-refractivity contribution in [1.29, 1.82) is 5.26 Å². The smallest absolute Gasteiger partial charge is 0.259 e. The maximum Gasteiger partial charge on any atom is 0.259 e. The predicted molar refractivity (Wildman–Crippen MR) is 115 cm³/mol. The van der Waals surface area contributed by atoms with Gasteiger partial charge in [-0.3, -0.25) is 9.69 Å². The Bertz CT molecular complexity index is 1080. The summed E-state index contributed by atoms with van der Waals surface area (Å²) in [6, 6.07) is 29.6. The Morgan fingerprint density at radius 1 is 0.966 bits per heavy atom. The van der Waals surface area contributed by atoms with Crippen molar-refractivity contribution < 1.29 is 4.79 Å². The summed E-state index contributed by atoms with van der Waals surface area (Å²) < 4.78 is 0. The highest BCUT2D eigenvalue weighted by Gasteiger charge is 2.50. The van der Waals surface area contributed by atoms with E-state index in [0.29, 0.717) is 5.56 Å². The first-order valence-corrected chi connectivity index (χ1v) is 9.85. The summed E-state index contributed by atoms with van der Waals surface area (Å²) in [6.07, 6.45) is 4.41. The van der Waals surface area contributed by atoms with Gasteiger partial charge in [-0.1, -0.05) is 79.7 Å². The van der Waals surface area contributed by atoms with E-state index in [4.69, 9.17) is 0 Å². The molecule has 3 heteroatoms. The number of hydrogen-bond acceptors (Lipinski definition) is 2. The lowest BCUT2D eigenvalue weighted by molar-refractivity contribution is 0.0652. The molecule has 29 heavy (non-hydrogen) atoms. The summed E-state index contributed by atoms with van der Waals surface area (Å²) in [4.78, 5) is 15.2. The molecular weight excluding hydrogens is 356 g/mol. The molecule has 0 aliphatic carbocycles. The number of nitriles is 1. The van der Waals surface area contributed by atoms with Gasteiger partial charge in [0.2, 0.25) is 0 Å². The molecule has 3 nitrogen and oxygen atoms in total. The van der Waals surface area contributed by atoms with Gasteiger partial charge < -0.3 is 0 Å². The summed E-state index contributed by atoms with van der Waals surface area (Å²) in [5, 5.41) is 10.6. The summed E-state index contributed by atoms with van der Waals surface area (Å²) in [5.41, 5.74) is 2.33. The zero-order valence-electron chi connectivity index (χ0n) is 16.3. The molecule has 0 fully saturated rings. The molecule has 0 unspecified atom stereocenters. The lowest BCUT2D eigenvalue weighted by atomic mass is 9.70. The molecule has 0 N–H and O–H groups in total. The van der Waals surface area contributed by atoms with Crippen LogP contribution in [0.5, 0.6) is 0 Å². The van der Waals surface area contributed by atoms with Crippen molar-refractivity contribution in [1.82, 2.24) is 4.90 Å². The number of nitrogens with zero attached hydrogens (tertiary/aromatic N) is 2. The summed E-state index contributed by atoms with van der Waals surface area (Å²) >= 11 is 0. The van der Waals surface area contributed by atoms with Crippen LogP contribution < -0.4 is 0 Å². The van der Waals surface area contributed by atoms with Gasteiger partial charge in [-0.2, -0.15) is 5.26 Å². The van der Waals surface area contributed by atoms with Crippen molar-refractivity contribution in [2.45, 2.75) is 24.8 Å². The van der Waals surface area contributed by atoms with Gasteiger partial charge in [0.1, 0.15) is 0 Å². The molecule has 0 aromatic heterocycles. The second-order valence-electron chi connectivity index (χ2n) is 7.19. The quantitative estimate of drug-likeness (QED) is 0.582. The van der Waals surface area contributed by atoms with Crippen molar-refractivity contribution in [3.05, 3.63) is 113 Å². The second kappa shape index (κ2) is 7.77. The lowest BCUT2D eigenvalue weighted by Crippen LogP contribution is -2.51. The molecule has 1 amide bonds. The predicted octanol–water partition coefficient (Wildman–Crippen LogP) is 5.73. The molecule has 0 saturated carbocycles. The maximum atomic E-state index is 13.6. The van der Waals surface area contributed by atoms with Crippen LogP contribution >= 0.6 is 0 Å². The van der Waals surface area contributed by atoms with Crippen LogP contribution in [0.4, 0.5) is 0 Å². The first-order chi connectivity index (χ1) is 14.2. The van der Waals surface area contributed by atoms with E-state index in [0.717, 1.165) is 23.1 Å².